The fourth-order valence-electron chi connectivity index (χ4n) is 3.27. The predicted molar refractivity (Wildman–Crippen MR) is 99.2 cm³/mol. The van der Waals surface area contributed by atoms with Crippen LogP contribution in [-0.4, -0.2) is 23.1 Å². The average Bonchev–Trinajstić information content (AvgIpc) is 2.45. The summed E-state index contributed by atoms with van der Waals surface area (Å²) in [7, 11) is 0. The first kappa shape index (κ1) is 19.4. The molecule has 21 heavy (non-hydrogen) atoms. The molecule has 0 aromatic rings. The molecular weight excluding hydrogens is 274 g/mol. The maximum atomic E-state index is 3.83. The van der Waals surface area contributed by atoms with Gasteiger partial charge in [0.1, 0.15) is 0 Å². The van der Waals surface area contributed by atoms with Gasteiger partial charge in [0.05, 0.1) is 0 Å². The van der Waals surface area contributed by atoms with E-state index in [4.69, 9.17) is 0 Å². The summed E-state index contributed by atoms with van der Waals surface area (Å²) in [5.74, 6) is 1.68. The van der Waals surface area contributed by atoms with E-state index in [2.05, 4.69) is 65.5 Å². The van der Waals surface area contributed by atoms with Crippen LogP contribution in [0, 0.1) is 17.3 Å². The number of nitrogens with one attached hydrogen (secondary N) is 1. The van der Waals surface area contributed by atoms with Gasteiger partial charge in [-0.1, -0.05) is 54.9 Å². The zero-order valence-corrected chi connectivity index (χ0v) is 16.4. The van der Waals surface area contributed by atoms with Gasteiger partial charge in [0.2, 0.25) is 0 Å². The van der Waals surface area contributed by atoms with Gasteiger partial charge in [0.15, 0.2) is 0 Å². The van der Waals surface area contributed by atoms with E-state index in [9.17, 15) is 0 Å². The van der Waals surface area contributed by atoms with Crippen molar-refractivity contribution in [2.45, 2.75) is 97.1 Å². The molecule has 0 saturated heterocycles. The smallest absolute Gasteiger partial charge is 0.0206 e. The third-order valence-electron chi connectivity index (χ3n) is 5.79. The highest BCUT2D eigenvalue weighted by atomic mass is 32.2. The zero-order chi connectivity index (χ0) is 16.0. The molecule has 0 amide bonds. The van der Waals surface area contributed by atoms with Crippen molar-refractivity contribution < 1.29 is 0 Å². The Labute approximate surface area is 138 Å². The van der Waals surface area contributed by atoms with E-state index in [1.165, 1.54) is 38.6 Å². The maximum Gasteiger partial charge on any atom is 0.0206 e. The Hall–Kier alpha value is 0.310. The lowest BCUT2D eigenvalue weighted by molar-refractivity contribution is 0.141. The van der Waals surface area contributed by atoms with Crippen LogP contribution in [0.25, 0.3) is 0 Å². The Bertz CT molecular complexity index is 287. The van der Waals surface area contributed by atoms with Gasteiger partial charge < -0.3 is 5.32 Å². The summed E-state index contributed by atoms with van der Waals surface area (Å²) in [4.78, 5) is 0. The molecule has 1 aliphatic rings. The molecule has 0 aromatic carbocycles. The normalized spacial score (nSPS) is 28.9. The predicted octanol–water partition coefficient (Wildman–Crippen LogP) is 5.74. The number of hydrogen-bond acceptors (Lipinski definition) is 2. The lowest BCUT2D eigenvalue weighted by atomic mass is 9.68. The minimum absolute atomic E-state index is 0.510. The van der Waals surface area contributed by atoms with Crippen LogP contribution in [0.5, 0.6) is 0 Å². The molecular formula is C19H39NS. The van der Waals surface area contributed by atoms with E-state index < -0.39 is 0 Å². The highest BCUT2D eigenvalue weighted by Crippen LogP contribution is 2.44. The van der Waals surface area contributed by atoms with Crippen molar-refractivity contribution in [1.82, 2.24) is 5.32 Å². The van der Waals surface area contributed by atoms with Gasteiger partial charge in [-0.25, -0.2) is 0 Å². The molecule has 126 valence electrons. The molecule has 2 heteroatoms. The molecule has 1 fully saturated rings. The third kappa shape index (κ3) is 5.78. The Morgan fingerprint density at radius 2 is 1.81 bits per heavy atom. The summed E-state index contributed by atoms with van der Waals surface area (Å²) in [5, 5.41) is 5.41. The highest BCUT2D eigenvalue weighted by Gasteiger charge is 2.37. The molecule has 4 atom stereocenters. The second-order valence-corrected chi connectivity index (χ2v) is 9.66. The van der Waals surface area contributed by atoms with Crippen LogP contribution < -0.4 is 5.32 Å². The molecule has 0 heterocycles. The van der Waals surface area contributed by atoms with Gasteiger partial charge >= 0.3 is 0 Å². The monoisotopic (exact) mass is 313 g/mol. The van der Waals surface area contributed by atoms with E-state index in [-0.39, 0.29) is 0 Å². The quantitative estimate of drug-likeness (QED) is 0.613. The lowest BCUT2D eigenvalue weighted by Crippen LogP contribution is -2.46. The van der Waals surface area contributed by atoms with Crippen molar-refractivity contribution in [3.63, 3.8) is 0 Å². The summed E-state index contributed by atoms with van der Waals surface area (Å²) in [5.41, 5.74) is 0.510. The van der Waals surface area contributed by atoms with Gasteiger partial charge in [-0.05, 0) is 49.5 Å². The van der Waals surface area contributed by atoms with Crippen molar-refractivity contribution in [2.24, 2.45) is 17.3 Å². The largest absolute Gasteiger partial charge is 0.313 e. The first-order chi connectivity index (χ1) is 9.81. The first-order valence-corrected chi connectivity index (χ1v) is 10.1. The van der Waals surface area contributed by atoms with Crippen LogP contribution >= 0.6 is 11.8 Å². The molecule has 0 spiro atoms. The van der Waals surface area contributed by atoms with Crippen molar-refractivity contribution in [2.75, 3.05) is 6.54 Å². The minimum Gasteiger partial charge on any atom is -0.313 e. The van der Waals surface area contributed by atoms with Crippen molar-refractivity contribution in [3.8, 4) is 0 Å². The van der Waals surface area contributed by atoms with E-state index in [1.54, 1.807) is 0 Å². The first-order valence-electron chi connectivity index (χ1n) is 9.20. The number of rotatable bonds is 8. The summed E-state index contributed by atoms with van der Waals surface area (Å²) < 4.78 is 0. The van der Waals surface area contributed by atoms with Crippen LogP contribution in [0.4, 0.5) is 0 Å². The Kier molecular flexibility index (Phi) is 8.13. The maximum absolute atomic E-state index is 3.83. The molecule has 1 saturated carbocycles. The molecule has 1 rings (SSSR count). The Morgan fingerprint density at radius 1 is 1.14 bits per heavy atom. The van der Waals surface area contributed by atoms with Crippen molar-refractivity contribution in [3.05, 3.63) is 0 Å². The van der Waals surface area contributed by atoms with Gasteiger partial charge in [0.25, 0.3) is 0 Å². The zero-order valence-electron chi connectivity index (χ0n) is 15.5. The van der Waals surface area contributed by atoms with E-state index in [0.717, 1.165) is 28.4 Å². The second kappa shape index (κ2) is 8.82. The molecule has 1 aliphatic carbocycles. The summed E-state index contributed by atoms with van der Waals surface area (Å²) in [6, 6.07) is 0.736. The van der Waals surface area contributed by atoms with Crippen LogP contribution in [-0.2, 0) is 0 Å². The summed E-state index contributed by atoms with van der Waals surface area (Å²) >= 11 is 2.26. The van der Waals surface area contributed by atoms with Crippen molar-refractivity contribution in [1.29, 1.82) is 0 Å². The topological polar surface area (TPSA) is 12.0 Å². The third-order valence-corrected chi connectivity index (χ3v) is 7.64. The van der Waals surface area contributed by atoms with Gasteiger partial charge in [0, 0.05) is 16.5 Å². The van der Waals surface area contributed by atoms with Crippen molar-refractivity contribution >= 4 is 11.8 Å². The summed E-state index contributed by atoms with van der Waals surface area (Å²) in [6.07, 6.45) is 6.75. The fraction of sp³-hybridized carbons (Fsp3) is 1.00. The molecule has 1 nitrogen and oxygen atoms in total. The minimum atomic E-state index is 0.510. The number of thioether (sulfide) groups is 1. The highest BCUT2D eigenvalue weighted by molar-refractivity contribution is 8.00. The van der Waals surface area contributed by atoms with E-state index in [0.29, 0.717) is 5.41 Å². The van der Waals surface area contributed by atoms with Crippen LogP contribution in [0.3, 0.4) is 0 Å². The Balaban J connectivity index is 2.71. The average molecular weight is 314 g/mol. The van der Waals surface area contributed by atoms with E-state index in [1.807, 2.05) is 0 Å². The van der Waals surface area contributed by atoms with Gasteiger partial charge in [-0.2, -0.15) is 11.8 Å². The summed E-state index contributed by atoms with van der Waals surface area (Å²) in [6.45, 7) is 17.9. The second-order valence-electron chi connectivity index (χ2n) is 8.04. The lowest BCUT2D eigenvalue weighted by Gasteiger charge is -2.44. The Morgan fingerprint density at radius 3 is 2.33 bits per heavy atom. The van der Waals surface area contributed by atoms with Crippen LogP contribution in [0.2, 0.25) is 0 Å². The van der Waals surface area contributed by atoms with Crippen LogP contribution in [0.15, 0.2) is 0 Å². The fourth-order valence-corrected chi connectivity index (χ4v) is 4.91. The SMILES string of the molecule is CCCNC1CCC(C(C)(C)CC)CC1SC(C)C(C)C. The van der Waals surface area contributed by atoms with Gasteiger partial charge in [-0.3, -0.25) is 0 Å². The molecule has 4 unspecified atom stereocenters. The molecule has 1 N–H and O–H groups in total. The van der Waals surface area contributed by atoms with Gasteiger partial charge in [-0.15, -0.1) is 0 Å². The molecule has 0 aromatic heterocycles. The van der Waals surface area contributed by atoms with E-state index >= 15 is 0 Å². The number of hydrogen-bond donors (Lipinski definition) is 1. The standard InChI is InChI=1S/C19H39NS/c1-8-12-20-17-11-10-16(19(6,7)9-2)13-18(17)21-15(5)14(3)4/h14-18,20H,8-13H2,1-7H3. The molecule has 0 bridgehead atoms. The molecule has 0 radical (unpaired) electrons. The molecule has 0 aliphatic heterocycles. The van der Waals surface area contributed by atoms with Crippen LogP contribution in [0.1, 0.15) is 80.6 Å².